The molecule has 180 valence electrons. The van der Waals surface area contributed by atoms with Crippen molar-refractivity contribution < 1.29 is 29.0 Å². The molecule has 1 heterocycles. The van der Waals surface area contributed by atoms with Crippen molar-refractivity contribution in [1.82, 2.24) is 9.80 Å². The predicted octanol–water partition coefficient (Wildman–Crippen LogP) is 3.65. The van der Waals surface area contributed by atoms with Gasteiger partial charge in [-0.15, -0.1) is 0 Å². The third-order valence-electron chi connectivity index (χ3n) is 5.29. The third kappa shape index (κ3) is 5.40. The molecule has 1 fully saturated rings. The van der Waals surface area contributed by atoms with E-state index in [9.17, 15) is 19.5 Å². The third-order valence-corrected chi connectivity index (χ3v) is 5.60. The SMILES string of the molecule is CCOc1cc(/C(O)=C2/C(=O)C(=O)N(CCN(C)C)C2c2ccc(OC(C)=O)cc2)ccc1Cl. The van der Waals surface area contributed by atoms with Crippen LogP contribution in [0.3, 0.4) is 0 Å². The number of aliphatic hydroxyl groups excluding tert-OH is 1. The minimum Gasteiger partial charge on any atom is -0.507 e. The number of ether oxygens (including phenoxy) is 2. The van der Waals surface area contributed by atoms with Gasteiger partial charge in [0.15, 0.2) is 0 Å². The zero-order valence-electron chi connectivity index (χ0n) is 19.5. The molecule has 1 atom stereocenters. The molecule has 2 aromatic carbocycles. The lowest BCUT2D eigenvalue weighted by molar-refractivity contribution is -0.140. The Morgan fingerprint density at radius 3 is 2.41 bits per heavy atom. The summed E-state index contributed by atoms with van der Waals surface area (Å²) >= 11 is 6.17. The van der Waals surface area contributed by atoms with Crippen molar-refractivity contribution in [1.29, 1.82) is 0 Å². The smallest absolute Gasteiger partial charge is 0.308 e. The van der Waals surface area contributed by atoms with Crippen LogP contribution >= 0.6 is 11.6 Å². The fourth-order valence-corrected chi connectivity index (χ4v) is 3.89. The fraction of sp³-hybridized carbons (Fsp3) is 0.320. The topological polar surface area (TPSA) is 96.4 Å². The fourth-order valence-electron chi connectivity index (χ4n) is 3.72. The molecule has 0 bridgehead atoms. The summed E-state index contributed by atoms with van der Waals surface area (Å²) in [6.45, 7) is 4.26. The first kappa shape index (κ1) is 25.3. The van der Waals surface area contributed by atoms with Gasteiger partial charge in [-0.1, -0.05) is 23.7 Å². The van der Waals surface area contributed by atoms with Crippen LogP contribution in [0, 0.1) is 0 Å². The van der Waals surface area contributed by atoms with Gasteiger partial charge in [0, 0.05) is 25.6 Å². The van der Waals surface area contributed by atoms with Crippen LogP contribution < -0.4 is 9.47 Å². The zero-order valence-corrected chi connectivity index (χ0v) is 20.3. The van der Waals surface area contributed by atoms with Gasteiger partial charge in [-0.3, -0.25) is 14.4 Å². The standard InChI is InChI=1S/C25H27ClN2O6/c1-5-33-20-14-17(8-11-19(20)26)23(30)21-22(16-6-9-18(10-7-16)34-15(2)29)28(13-12-27(3)4)25(32)24(21)31/h6-11,14,22,30H,5,12-13H2,1-4H3/b23-21-. The van der Waals surface area contributed by atoms with Crippen molar-refractivity contribution in [2.24, 2.45) is 0 Å². The maximum absolute atomic E-state index is 13.1. The van der Waals surface area contributed by atoms with Gasteiger partial charge in [-0.2, -0.15) is 0 Å². The van der Waals surface area contributed by atoms with E-state index in [0.29, 0.717) is 40.8 Å². The number of esters is 1. The lowest BCUT2D eigenvalue weighted by Gasteiger charge is -2.26. The lowest BCUT2D eigenvalue weighted by Crippen LogP contribution is -2.35. The molecule has 1 unspecified atom stereocenters. The monoisotopic (exact) mass is 486 g/mol. The number of halogens is 1. The Morgan fingerprint density at radius 1 is 1.15 bits per heavy atom. The summed E-state index contributed by atoms with van der Waals surface area (Å²) in [5.74, 6) is -1.57. The maximum Gasteiger partial charge on any atom is 0.308 e. The Balaban J connectivity index is 2.12. The van der Waals surface area contributed by atoms with E-state index >= 15 is 0 Å². The highest BCUT2D eigenvalue weighted by Gasteiger charge is 2.46. The van der Waals surface area contributed by atoms with Crippen LogP contribution in [0.1, 0.15) is 31.0 Å². The molecule has 34 heavy (non-hydrogen) atoms. The summed E-state index contributed by atoms with van der Waals surface area (Å²) in [6.07, 6.45) is 0. The first-order chi connectivity index (χ1) is 16.1. The van der Waals surface area contributed by atoms with Crippen LogP contribution in [0.2, 0.25) is 5.02 Å². The molecule has 8 nitrogen and oxygen atoms in total. The molecule has 3 rings (SSSR count). The number of benzene rings is 2. The number of carbonyl (C=O) groups excluding carboxylic acids is 3. The molecule has 0 radical (unpaired) electrons. The Bertz CT molecular complexity index is 1130. The second-order valence-electron chi connectivity index (χ2n) is 8.04. The van der Waals surface area contributed by atoms with Gasteiger partial charge in [0.25, 0.3) is 11.7 Å². The van der Waals surface area contributed by atoms with Gasteiger partial charge in [0.1, 0.15) is 17.3 Å². The summed E-state index contributed by atoms with van der Waals surface area (Å²) in [4.78, 5) is 40.7. The Labute approximate surface area is 203 Å². The first-order valence-electron chi connectivity index (χ1n) is 10.8. The number of Topliss-reactive ketones (excluding diaryl/α,β-unsaturated/α-hetero) is 1. The lowest BCUT2D eigenvalue weighted by atomic mass is 9.95. The minimum absolute atomic E-state index is 0.0336. The summed E-state index contributed by atoms with van der Waals surface area (Å²) in [5, 5.41) is 11.6. The number of amides is 1. The van der Waals surface area contributed by atoms with E-state index in [1.165, 1.54) is 17.9 Å². The van der Waals surface area contributed by atoms with E-state index in [0.717, 1.165) is 0 Å². The molecule has 0 saturated carbocycles. The molecule has 1 amide bonds. The van der Waals surface area contributed by atoms with Crippen LogP contribution in [-0.4, -0.2) is 66.4 Å². The van der Waals surface area contributed by atoms with Crippen molar-refractivity contribution >= 4 is 35.0 Å². The van der Waals surface area contributed by atoms with E-state index in [1.807, 2.05) is 19.0 Å². The van der Waals surface area contributed by atoms with Gasteiger partial charge in [0.05, 0.1) is 23.2 Å². The van der Waals surface area contributed by atoms with Gasteiger partial charge in [-0.25, -0.2) is 0 Å². The van der Waals surface area contributed by atoms with Crippen LogP contribution in [0.25, 0.3) is 5.76 Å². The number of nitrogens with zero attached hydrogens (tertiary/aromatic N) is 2. The highest BCUT2D eigenvalue weighted by Crippen LogP contribution is 2.40. The summed E-state index contributed by atoms with van der Waals surface area (Å²) < 4.78 is 10.6. The Kier molecular flexibility index (Phi) is 7.96. The molecule has 0 spiro atoms. The van der Waals surface area contributed by atoms with E-state index in [-0.39, 0.29) is 17.9 Å². The normalized spacial score (nSPS) is 17.4. The number of hydrogen-bond acceptors (Lipinski definition) is 7. The van der Waals surface area contributed by atoms with Crippen molar-refractivity contribution in [3.63, 3.8) is 0 Å². The second-order valence-corrected chi connectivity index (χ2v) is 8.44. The van der Waals surface area contributed by atoms with Crippen LogP contribution in [0.15, 0.2) is 48.0 Å². The van der Waals surface area contributed by atoms with Crippen molar-refractivity contribution in [3.8, 4) is 11.5 Å². The minimum atomic E-state index is -0.822. The molecule has 1 saturated heterocycles. The van der Waals surface area contributed by atoms with E-state index in [2.05, 4.69) is 0 Å². The van der Waals surface area contributed by atoms with Crippen molar-refractivity contribution in [3.05, 3.63) is 64.2 Å². The van der Waals surface area contributed by atoms with Gasteiger partial charge >= 0.3 is 5.97 Å². The van der Waals surface area contributed by atoms with E-state index < -0.39 is 23.7 Å². The van der Waals surface area contributed by atoms with Crippen LogP contribution in [0.4, 0.5) is 0 Å². The molecule has 2 aromatic rings. The first-order valence-corrected chi connectivity index (χ1v) is 11.2. The average molecular weight is 487 g/mol. The molecule has 1 aliphatic rings. The highest BCUT2D eigenvalue weighted by atomic mass is 35.5. The van der Waals surface area contributed by atoms with Gasteiger partial charge < -0.3 is 24.4 Å². The Morgan fingerprint density at radius 2 is 1.82 bits per heavy atom. The molecular weight excluding hydrogens is 460 g/mol. The summed E-state index contributed by atoms with van der Waals surface area (Å²) in [5.41, 5.74) is 0.864. The summed E-state index contributed by atoms with van der Waals surface area (Å²) in [7, 11) is 3.73. The number of hydrogen-bond donors (Lipinski definition) is 1. The van der Waals surface area contributed by atoms with Gasteiger partial charge in [-0.05, 0) is 56.9 Å². The number of ketones is 1. The number of likely N-dealkylation sites (tertiary alicyclic amines) is 1. The molecular formula is C25H27ClN2O6. The largest absolute Gasteiger partial charge is 0.507 e. The van der Waals surface area contributed by atoms with Crippen molar-refractivity contribution in [2.75, 3.05) is 33.8 Å². The highest BCUT2D eigenvalue weighted by molar-refractivity contribution is 6.46. The molecule has 1 aliphatic heterocycles. The second kappa shape index (κ2) is 10.7. The number of likely N-dealkylation sites (N-methyl/N-ethyl adjacent to an activating group) is 1. The van der Waals surface area contributed by atoms with Crippen LogP contribution in [0.5, 0.6) is 11.5 Å². The van der Waals surface area contributed by atoms with Crippen molar-refractivity contribution in [2.45, 2.75) is 19.9 Å². The predicted molar refractivity (Wildman–Crippen MR) is 128 cm³/mol. The molecule has 1 N–H and O–H groups in total. The van der Waals surface area contributed by atoms with E-state index in [4.69, 9.17) is 21.1 Å². The number of carbonyl (C=O) groups is 3. The Hall–Kier alpha value is -3.36. The number of rotatable bonds is 8. The summed E-state index contributed by atoms with van der Waals surface area (Å²) in [6, 6.07) is 10.3. The molecule has 9 heteroatoms. The number of aliphatic hydroxyl groups is 1. The van der Waals surface area contributed by atoms with Crippen LogP contribution in [-0.2, 0) is 14.4 Å². The molecule has 0 aliphatic carbocycles. The zero-order chi connectivity index (χ0) is 25.0. The van der Waals surface area contributed by atoms with E-state index in [1.54, 1.807) is 43.3 Å². The molecule has 0 aromatic heterocycles. The average Bonchev–Trinajstić information content (AvgIpc) is 3.03. The quantitative estimate of drug-likeness (QED) is 0.200. The maximum atomic E-state index is 13.1. The van der Waals surface area contributed by atoms with Gasteiger partial charge in [0.2, 0.25) is 0 Å².